The Kier molecular flexibility index (Phi) is 5.35. The van der Waals surface area contributed by atoms with E-state index < -0.39 is 28.0 Å². The molecule has 0 unspecified atom stereocenters. The lowest BCUT2D eigenvalue weighted by Crippen LogP contribution is -2.11. The van der Waals surface area contributed by atoms with Gasteiger partial charge in [-0.15, -0.1) is 0 Å². The number of hydrogen-bond acceptors (Lipinski definition) is 5. The second-order valence-electron chi connectivity index (χ2n) is 4.79. The molecule has 0 fully saturated rings. The summed E-state index contributed by atoms with van der Waals surface area (Å²) >= 11 is 0. The zero-order valence-corrected chi connectivity index (χ0v) is 12.5. The number of nitro groups is 1. The topological polar surface area (TPSA) is 82.3 Å². The summed E-state index contributed by atoms with van der Waals surface area (Å²) in [5.41, 5.74) is -0.967. The summed E-state index contributed by atoms with van der Waals surface area (Å²) in [4.78, 5) is 26.2. The number of benzene rings is 1. The van der Waals surface area contributed by atoms with E-state index in [0.29, 0.717) is 12.4 Å². The molecule has 0 radical (unpaired) electrons. The lowest BCUT2D eigenvalue weighted by molar-refractivity contribution is -0.385. The third-order valence-electron chi connectivity index (χ3n) is 3.14. The summed E-state index contributed by atoms with van der Waals surface area (Å²) in [6.07, 6.45) is 1.73. The van der Waals surface area contributed by atoms with Gasteiger partial charge in [0.2, 0.25) is 11.7 Å². The number of hydrogen-bond donors (Lipinski definition) is 0. The first-order valence-electron chi connectivity index (χ1n) is 7.12. The molecule has 0 N–H and O–H groups in total. The highest BCUT2D eigenvalue weighted by atomic mass is 19.1. The van der Waals surface area contributed by atoms with Gasteiger partial charge < -0.3 is 4.74 Å². The van der Waals surface area contributed by atoms with Crippen LogP contribution in [0, 0.1) is 16.1 Å². The normalized spacial score (nSPS) is 10.3. The molecular weight excluding hydrogens is 303 g/mol. The van der Waals surface area contributed by atoms with Crippen molar-refractivity contribution in [2.45, 2.75) is 19.8 Å². The van der Waals surface area contributed by atoms with Crippen molar-refractivity contribution in [1.82, 2.24) is 4.98 Å². The van der Waals surface area contributed by atoms with Crippen molar-refractivity contribution in [3.63, 3.8) is 0 Å². The van der Waals surface area contributed by atoms with Crippen LogP contribution in [0.3, 0.4) is 0 Å². The molecule has 120 valence electrons. The Morgan fingerprint density at radius 1 is 1.30 bits per heavy atom. The molecule has 6 nitrogen and oxygen atoms in total. The number of ether oxygens (including phenoxy) is 1. The van der Waals surface area contributed by atoms with Crippen molar-refractivity contribution < 1.29 is 18.8 Å². The van der Waals surface area contributed by atoms with Gasteiger partial charge >= 0.3 is 0 Å². The Hall–Kier alpha value is -2.83. The molecule has 0 aliphatic heterocycles. The Labute approximate surface area is 132 Å². The fourth-order valence-corrected chi connectivity index (χ4v) is 1.98. The second-order valence-corrected chi connectivity index (χ2v) is 4.79. The van der Waals surface area contributed by atoms with Gasteiger partial charge in [0.25, 0.3) is 5.69 Å². The lowest BCUT2D eigenvalue weighted by Gasteiger charge is -2.10. The fraction of sp³-hybridized carbons (Fsp3) is 0.250. The van der Waals surface area contributed by atoms with Crippen LogP contribution in [0.2, 0.25) is 0 Å². The van der Waals surface area contributed by atoms with Crippen molar-refractivity contribution in [3.05, 3.63) is 63.7 Å². The minimum atomic E-state index is -0.955. The van der Waals surface area contributed by atoms with Gasteiger partial charge in [-0.25, -0.2) is 4.98 Å². The predicted octanol–water partition coefficient (Wildman–Crippen LogP) is 3.54. The highest BCUT2D eigenvalue weighted by molar-refractivity contribution is 6.11. The standard InChI is InChI=1S/C16H15FN2O4/c1-2-3-10-23-13-7-5-4-6-11(13)16(20)15-12(19(21)22)8-9-14(17)18-15/h4-9H,2-3,10H2,1H3. The highest BCUT2D eigenvalue weighted by Gasteiger charge is 2.26. The molecule has 23 heavy (non-hydrogen) atoms. The molecule has 1 aromatic heterocycles. The number of carbonyl (C=O) groups is 1. The van der Waals surface area contributed by atoms with Crippen molar-refractivity contribution >= 4 is 11.5 Å². The smallest absolute Gasteiger partial charge is 0.299 e. The summed E-state index contributed by atoms with van der Waals surface area (Å²) in [7, 11) is 0. The first kappa shape index (κ1) is 16.5. The third kappa shape index (κ3) is 3.88. The third-order valence-corrected chi connectivity index (χ3v) is 3.14. The maximum absolute atomic E-state index is 13.3. The summed E-state index contributed by atoms with van der Waals surface area (Å²) in [5, 5.41) is 11.0. The van der Waals surface area contributed by atoms with Gasteiger partial charge in [0.15, 0.2) is 5.69 Å². The first-order chi connectivity index (χ1) is 11.0. The zero-order chi connectivity index (χ0) is 16.8. The molecule has 0 spiro atoms. The number of aromatic nitrogens is 1. The zero-order valence-electron chi connectivity index (χ0n) is 12.5. The van der Waals surface area contributed by atoms with Gasteiger partial charge in [0.1, 0.15) is 5.75 Å². The Morgan fingerprint density at radius 2 is 2.04 bits per heavy atom. The number of para-hydroxylation sites is 1. The molecule has 0 atom stereocenters. The van der Waals surface area contributed by atoms with Gasteiger partial charge in [-0.2, -0.15) is 4.39 Å². The number of ketones is 1. The van der Waals surface area contributed by atoms with Crippen molar-refractivity contribution in [2.24, 2.45) is 0 Å². The molecule has 0 saturated carbocycles. The quantitative estimate of drug-likeness (QED) is 0.256. The maximum Gasteiger partial charge on any atom is 0.299 e. The van der Waals surface area contributed by atoms with Crippen molar-refractivity contribution in [2.75, 3.05) is 6.61 Å². The van der Waals surface area contributed by atoms with Gasteiger partial charge in [-0.1, -0.05) is 25.5 Å². The Bertz CT molecular complexity index is 734. The Morgan fingerprint density at radius 3 is 2.74 bits per heavy atom. The van der Waals surface area contributed by atoms with E-state index in [2.05, 4.69) is 4.98 Å². The number of rotatable bonds is 7. The molecule has 7 heteroatoms. The largest absolute Gasteiger partial charge is 0.493 e. The summed E-state index contributed by atoms with van der Waals surface area (Å²) in [6, 6.07) is 8.12. The summed E-state index contributed by atoms with van der Waals surface area (Å²) < 4.78 is 18.9. The monoisotopic (exact) mass is 318 g/mol. The lowest BCUT2D eigenvalue weighted by atomic mass is 10.1. The van der Waals surface area contributed by atoms with E-state index >= 15 is 0 Å². The number of pyridine rings is 1. The van der Waals surface area contributed by atoms with Crippen molar-refractivity contribution in [3.8, 4) is 5.75 Å². The summed E-state index contributed by atoms with van der Waals surface area (Å²) in [5.74, 6) is -1.40. The molecule has 0 amide bonds. The van der Waals surface area contributed by atoms with Crippen LogP contribution in [0.25, 0.3) is 0 Å². The molecule has 1 aromatic carbocycles. The molecule has 0 aliphatic rings. The fourth-order valence-electron chi connectivity index (χ4n) is 1.98. The van der Waals surface area contributed by atoms with E-state index in [4.69, 9.17) is 4.74 Å². The molecule has 0 saturated heterocycles. The van der Waals surface area contributed by atoms with Gasteiger partial charge in [-0.05, 0) is 18.6 Å². The van der Waals surface area contributed by atoms with Gasteiger partial charge in [0, 0.05) is 12.1 Å². The number of halogens is 1. The van der Waals surface area contributed by atoms with E-state index in [0.717, 1.165) is 25.0 Å². The van der Waals surface area contributed by atoms with Crippen LogP contribution in [-0.4, -0.2) is 22.3 Å². The molecule has 0 bridgehead atoms. The second kappa shape index (κ2) is 7.44. The SMILES string of the molecule is CCCCOc1ccccc1C(=O)c1nc(F)ccc1[N+](=O)[O-]. The van der Waals surface area contributed by atoms with E-state index in [9.17, 15) is 19.3 Å². The molecule has 2 rings (SSSR count). The minimum Gasteiger partial charge on any atom is -0.493 e. The van der Waals surface area contributed by atoms with Crippen LogP contribution in [0.1, 0.15) is 35.8 Å². The van der Waals surface area contributed by atoms with Gasteiger partial charge in [0.05, 0.1) is 17.1 Å². The van der Waals surface area contributed by atoms with E-state index in [1.165, 1.54) is 6.07 Å². The molecule has 2 aromatic rings. The van der Waals surface area contributed by atoms with Crippen LogP contribution in [0.4, 0.5) is 10.1 Å². The van der Waals surface area contributed by atoms with E-state index in [1.807, 2.05) is 6.92 Å². The van der Waals surface area contributed by atoms with Gasteiger partial charge in [-0.3, -0.25) is 14.9 Å². The number of nitrogens with zero attached hydrogens (tertiary/aromatic N) is 2. The first-order valence-corrected chi connectivity index (χ1v) is 7.12. The van der Waals surface area contributed by atoms with E-state index in [1.54, 1.807) is 18.2 Å². The number of unbranched alkanes of at least 4 members (excludes halogenated alkanes) is 1. The van der Waals surface area contributed by atoms with Crippen LogP contribution >= 0.6 is 0 Å². The van der Waals surface area contributed by atoms with Crippen LogP contribution < -0.4 is 4.74 Å². The average molecular weight is 318 g/mol. The van der Waals surface area contributed by atoms with Crippen molar-refractivity contribution in [1.29, 1.82) is 0 Å². The minimum absolute atomic E-state index is 0.116. The van der Waals surface area contributed by atoms with Crippen LogP contribution in [0.5, 0.6) is 5.75 Å². The summed E-state index contributed by atoms with van der Waals surface area (Å²) in [6.45, 7) is 2.42. The molecule has 0 aliphatic carbocycles. The van der Waals surface area contributed by atoms with Crippen LogP contribution in [-0.2, 0) is 0 Å². The highest BCUT2D eigenvalue weighted by Crippen LogP contribution is 2.25. The maximum atomic E-state index is 13.3. The Balaban J connectivity index is 2.41. The molecule has 1 heterocycles. The average Bonchev–Trinajstić information content (AvgIpc) is 2.54. The molecular formula is C16H15FN2O4. The number of carbonyl (C=O) groups excluding carboxylic acids is 1. The predicted molar refractivity (Wildman–Crippen MR) is 81.1 cm³/mol. The van der Waals surface area contributed by atoms with E-state index in [-0.39, 0.29) is 5.56 Å². The van der Waals surface area contributed by atoms with Crippen LogP contribution in [0.15, 0.2) is 36.4 Å².